The van der Waals surface area contributed by atoms with E-state index in [-0.39, 0.29) is 11.7 Å². The SMILES string of the molecule is COCc1nn2c3c(cnc2c1-c1ccc(OC)c(OC)c1)C(=O)C[C@H](c1ccc(C(C)C)cc1)C3. The Balaban J connectivity index is 1.63. The summed E-state index contributed by atoms with van der Waals surface area (Å²) in [7, 11) is 4.87. The number of rotatable bonds is 7. The van der Waals surface area contributed by atoms with Crippen molar-refractivity contribution in [1.29, 1.82) is 0 Å². The van der Waals surface area contributed by atoms with E-state index in [4.69, 9.17) is 24.3 Å². The van der Waals surface area contributed by atoms with Crippen LogP contribution < -0.4 is 9.47 Å². The summed E-state index contributed by atoms with van der Waals surface area (Å²) < 4.78 is 18.3. The fourth-order valence-electron chi connectivity index (χ4n) is 5.06. The van der Waals surface area contributed by atoms with E-state index in [1.54, 1.807) is 27.5 Å². The van der Waals surface area contributed by atoms with E-state index < -0.39 is 0 Å². The van der Waals surface area contributed by atoms with Gasteiger partial charge in [0.15, 0.2) is 22.9 Å². The third-order valence-electron chi connectivity index (χ3n) is 7.02. The summed E-state index contributed by atoms with van der Waals surface area (Å²) in [4.78, 5) is 17.9. The van der Waals surface area contributed by atoms with E-state index in [9.17, 15) is 4.79 Å². The van der Waals surface area contributed by atoms with Crippen molar-refractivity contribution in [2.45, 2.75) is 45.1 Å². The van der Waals surface area contributed by atoms with Gasteiger partial charge in [-0.2, -0.15) is 5.10 Å². The molecule has 7 nitrogen and oxygen atoms in total. The predicted octanol–water partition coefficient (Wildman–Crippen LogP) is 5.60. The van der Waals surface area contributed by atoms with Gasteiger partial charge in [-0.1, -0.05) is 44.2 Å². The van der Waals surface area contributed by atoms with Crippen LogP contribution in [0.15, 0.2) is 48.7 Å². The number of Topliss-reactive ketones (excluding diaryl/α,β-unsaturated/α-hetero) is 1. The lowest BCUT2D eigenvalue weighted by atomic mass is 9.81. The zero-order valence-corrected chi connectivity index (χ0v) is 21.4. The first-order chi connectivity index (χ1) is 17.4. The molecule has 0 fully saturated rings. The number of methoxy groups -OCH3 is 3. The summed E-state index contributed by atoms with van der Waals surface area (Å²) >= 11 is 0. The fourth-order valence-corrected chi connectivity index (χ4v) is 5.06. The highest BCUT2D eigenvalue weighted by molar-refractivity contribution is 5.99. The van der Waals surface area contributed by atoms with Gasteiger partial charge < -0.3 is 14.2 Å². The molecule has 2 heterocycles. The maximum absolute atomic E-state index is 13.2. The molecular formula is C29H31N3O4. The normalized spacial score (nSPS) is 15.4. The molecule has 36 heavy (non-hydrogen) atoms. The van der Waals surface area contributed by atoms with Gasteiger partial charge in [0.2, 0.25) is 0 Å². The van der Waals surface area contributed by atoms with Gasteiger partial charge in [0.1, 0.15) is 0 Å². The van der Waals surface area contributed by atoms with Gasteiger partial charge in [0.05, 0.1) is 43.3 Å². The van der Waals surface area contributed by atoms with Crippen LogP contribution in [0.25, 0.3) is 16.8 Å². The number of nitrogens with zero attached hydrogens (tertiary/aromatic N) is 3. The molecule has 4 aromatic rings. The predicted molar refractivity (Wildman–Crippen MR) is 138 cm³/mol. The first-order valence-corrected chi connectivity index (χ1v) is 12.2. The summed E-state index contributed by atoms with van der Waals surface area (Å²) in [5.41, 5.74) is 7.19. The van der Waals surface area contributed by atoms with Gasteiger partial charge in [-0.15, -0.1) is 0 Å². The molecule has 0 radical (unpaired) electrons. The van der Waals surface area contributed by atoms with Crippen LogP contribution in [0.5, 0.6) is 11.5 Å². The Morgan fingerprint density at radius 3 is 2.42 bits per heavy atom. The summed E-state index contributed by atoms with van der Waals surface area (Å²) in [5, 5.41) is 4.89. The molecule has 0 aliphatic heterocycles. The van der Waals surface area contributed by atoms with Crippen LogP contribution in [0.1, 0.15) is 65.0 Å². The Labute approximate surface area is 211 Å². The number of fused-ring (bicyclic) bond motifs is 3. The number of ether oxygens (including phenoxy) is 3. The van der Waals surface area contributed by atoms with Crippen LogP contribution in [0.2, 0.25) is 0 Å². The fraction of sp³-hybridized carbons (Fsp3) is 0.345. The molecule has 0 saturated carbocycles. The Hall–Kier alpha value is -3.71. The molecule has 0 amide bonds. The van der Waals surface area contributed by atoms with Crippen LogP contribution in [0.3, 0.4) is 0 Å². The van der Waals surface area contributed by atoms with Crippen LogP contribution in [-0.2, 0) is 17.8 Å². The Morgan fingerprint density at radius 1 is 1.00 bits per heavy atom. The van der Waals surface area contributed by atoms with Gasteiger partial charge in [0, 0.05) is 19.7 Å². The van der Waals surface area contributed by atoms with Crippen molar-refractivity contribution in [3.8, 4) is 22.6 Å². The second-order valence-corrected chi connectivity index (χ2v) is 9.53. The molecule has 7 heteroatoms. The number of hydrogen-bond donors (Lipinski definition) is 0. The van der Waals surface area contributed by atoms with Gasteiger partial charge in [-0.25, -0.2) is 9.50 Å². The molecule has 0 saturated heterocycles. The van der Waals surface area contributed by atoms with E-state index >= 15 is 0 Å². The van der Waals surface area contributed by atoms with E-state index in [1.165, 1.54) is 11.1 Å². The molecule has 2 aromatic heterocycles. The van der Waals surface area contributed by atoms with Crippen molar-refractivity contribution >= 4 is 11.4 Å². The Bertz CT molecular complexity index is 1420. The quantitative estimate of drug-likeness (QED) is 0.339. The molecule has 0 N–H and O–H groups in total. The van der Waals surface area contributed by atoms with Crippen molar-refractivity contribution in [1.82, 2.24) is 14.6 Å². The van der Waals surface area contributed by atoms with Crippen molar-refractivity contribution in [2.75, 3.05) is 21.3 Å². The minimum absolute atomic E-state index is 0.0939. The lowest BCUT2D eigenvalue weighted by molar-refractivity contribution is 0.0962. The molecule has 1 aliphatic carbocycles. The van der Waals surface area contributed by atoms with Gasteiger partial charge in [0.25, 0.3) is 0 Å². The van der Waals surface area contributed by atoms with Crippen molar-refractivity contribution < 1.29 is 19.0 Å². The Morgan fingerprint density at radius 2 is 1.75 bits per heavy atom. The smallest absolute Gasteiger partial charge is 0.166 e. The number of ketones is 1. The summed E-state index contributed by atoms with van der Waals surface area (Å²) in [6, 6.07) is 14.4. The number of benzene rings is 2. The van der Waals surface area contributed by atoms with E-state index in [2.05, 4.69) is 38.1 Å². The topological polar surface area (TPSA) is 75.0 Å². The second-order valence-electron chi connectivity index (χ2n) is 9.53. The third-order valence-corrected chi connectivity index (χ3v) is 7.02. The lowest BCUT2D eigenvalue weighted by Crippen LogP contribution is -2.22. The maximum atomic E-state index is 13.2. The summed E-state index contributed by atoms with van der Waals surface area (Å²) in [6.45, 7) is 4.69. The zero-order valence-electron chi connectivity index (χ0n) is 21.4. The average molecular weight is 486 g/mol. The molecule has 1 atom stereocenters. The van der Waals surface area contributed by atoms with Gasteiger partial charge in [-0.05, 0) is 47.1 Å². The van der Waals surface area contributed by atoms with Crippen LogP contribution in [0.4, 0.5) is 0 Å². The van der Waals surface area contributed by atoms with E-state index in [1.807, 2.05) is 22.7 Å². The zero-order chi connectivity index (χ0) is 25.4. The average Bonchev–Trinajstić information content (AvgIpc) is 3.27. The molecule has 186 valence electrons. The maximum Gasteiger partial charge on any atom is 0.166 e. The minimum Gasteiger partial charge on any atom is -0.493 e. The van der Waals surface area contributed by atoms with E-state index in [0.29, 0.717) is 48.1 Å². The standard InChI is InChI=1S/C29H31N3O4/c1-17(2)18-6-8-19(9-7-18)21-12-24-22(25(33)13-21)15-30-29-28(23(16-34-3)31-32(24)29)20-10-11-26(35-4)27(14-20)36-5/h6-11,14-15,17,21H,12-13,16H2,1-5H3/t21-/m1/s1. The summed E-state index contributed by atoms with van der Waals surface area (Å²) in [5.74, 6) is 1.93. The number of aromatic nitrogens is 3. The molecule has 0 bridgehead atoms. The minimum atomic E-state index is 0.0939. The number of hydrogen-bond acceptors (Lipinski definition) is 6. The van der Waals surface area contributed by atoms with Crippen LogP contribution in [-0.4, -0.2) is 41.7 Å². The second kappa shape index (κ2) is 9.74. The molecule has 1 aliphatic rings. The van der Waals surface area contributed by atoms with Gasteiger partial charge in [-0.3, -0.25) is 4.79 Å². The highest BCUT2D eigenvalue weighted by Crippen LogP contribution is 2.38. The Kier molecular flexibility index (Phi) is 6.49. The third kappa shape index (κ3) is 4.13. The number of carbonyl (C=O) groups excluding carboxylic acids is 1. The molecule has 2 aromatic carbocycles. The molecular weight excluding hydrogens is 454 g/mol. The van der Waals surface area contributed by atoms with Gasteiger partial charge >= 0.3 is 0 Å². The van der Waals surface area contributed by atoms with Crippen LogP contribution >= 0.6 is 0 Å². The molecule has 0 unspecified atom stereocenters. The largest absolute Gasteiger partial charge is 0.493 e. The first-order valence-electron chi connectivity index (χ1n) is 12.2. The highest BCUT2D eigenvalue weighted by atomic mass is 16.5. The monoisotopic (exact) mass is 485 g/mol. The van der Waals surface area contributed by atoms with E-state index in [0.717, 1.165) is 22.5 Å². The van der Waals surface area contributed by atoms with Crippen LogP contribution in [0, 0.1) is 0 Å². The number of carbonyl (C=O) groups is 1. The molecule has 5 rings (SSSR count). The van der Waals surface area contributed by atoms with Crippen molar-refractivity contribution in [2.24, 2.45) is 0 Å². The van der Waals surface area contributed by atoms with Crippen molar-refractivity contribution in [3.05, 3.63) is 76.7 Å². The van der Waals surface area contributed by atoms with Crippen molar-refractivity contribution in [3.63, 3.8) is 0 Å². The highest BCUT2D eigenvalue weighted by Gasteiger charge is 2.30. The first kappa shape index (κ1) is 24.0. The lowest BCUT2D eigenvalue weighted by Gasteiger charge is -2.24. The molecule has 0 spiro atoms. The summed E-state index contributed by atoms with van der Waals surface area (Å²) in [6.07, 6.45) is 2.88.